The third kappa shape index (κ3) is 3.20. The first-order chi connectivity index (χ1) is 10.2. The van der Waals surface area contributed by atoms with Crippen LogP contribution in [-0.4, -0.2) is 15.3 Å². The number of aryl methyl sites for hydroxylation is 1. The second-order valence-corrected chi connectivity index (χ2v) is 5.42. The van der Waals surface area contributed by atoms with Gasteiger partial charge in [-0.1, -0.05) is 48.0 Å². The summed E-state index contributed by atoms with van der Waals surface area (Å²) in [7, 11) is 0. The van der Waals surface area contributed by atoms with E-state index in [4.69, 9.17) is 4.42 Å². The summed E-state index contributed by atoms with van der Waals surface area (Å²) in [5, 5.41) is 8.01. The molecule has 0 N–H and O–H groups in total. The van der Waals surface area contributed by atoms with Crippen LogP contribution in [0.2, 0.25) is 0 Å². The van der Waals surface area contributed by atoms with Crippen LogP contribution in [0.3, 0.4) is 0 Å². The van der Waals surface area contributed by atoms with E-state index in [9.17, 15) is 4.79 Å². The lowest BCUT2D eigenvalue weighted by atomic mass is 10.1. The van der Waals surface area contributed by atoms with Gasteiger partial charge in [-0.2, -0.15) is 0 Å². The SMILES string of the molecule is Cc1ccc(-c2nnc(SC(=O)c3ccccc3)o2)cc1. The van der Waals surface area contributed by atoms with Crippen molar-refractivity contribution in [2.24, 2.45) is 0 Å². The standard InChI is InChI=1S/C16H12N2O2S/c1-11-7-9-12(10-8-11)14-17-18-16(20-14)21-15(19)13-5-3-2-4-6-13/h2-10H,1H3. The molecule has 0 unspecified atom stereocenters. The van der Waals surface area contributed by atoms with Gasteiger partial charge >= 0.3 is 0 Å². The fraction of sp³-hybridized carbons (Fsp3) is 0.0625. The summed E-state index contributed by atoms with van der Waals surface area (Å²) in [6.45, 7) is 2.01. The lowest BCUT2D eigenvalue weighted by molar-refractivity contribution is 0.108. The third-order valence-electron chi connectivity index (χ3n) is 2.89. The summed E-state index contributed by atoms with van der Waals surface area (Å²) < 4.78 is 5.52. The largest absolute Gasteiger partial charge is 0.411 e. The second kappa shape index (κ2) is 5.93. The number of thioether (sulfide) groups is 1. The molecule has 0 aliphatic carbocycles. The molecular formula is C16H12N2O2S. The predicted molar refractivity (Wildman–Crippen MR) is 81.1 cm³/mol. The minimum atomic E-state index is -0.116. The van der Waals surface area contributed by atoms with Crippen LogP contribution in [-0.2, 0) is 0 Å². The molecule has 21 heavy (non-hydrogen) atoms. The van der Waals surface area contributed by atoms with Gasteiger partial charge in [0, 0.05) is 22.9 Å². The third-order valence-corrected chi connectivity index (χ3v) is 3.66. The van der Waals surface area contributed by atoms with Crippen LogP contribution in [0, 0.1) is 6.92 Å². The summed E-state index contributed by atoms with van der Waals surface area (Å²) in [4.78, 5) is 12.0. The molecule has 0 aliphatic rings. The molecule has 0 radical (unpaired) electrons. The molecule has 1 heterocycles. The zero-order chi connectivity index (χ0) is 14.7. The van der Waals surface area contributed by atoms with E-state index in [2.05, 4.69) is 10.2 Å². The van der Waals surface area contributed by atoms with E-state index in [1.165, 1.54) is 0 Å². The quantitative estimate of drug-likeness (QED) is 0.684. The summed E-state index contributed by atoms with van der Waals surface area (Å²) in [6.07, 6.45) is 0. The number of hydrogen-bond acceptors (Lipinski definition) is 5. The molecule has 0 spiro atoms. The Kier molecular flexibility index (Phi) is 3.83. The van der Waals surface area contributed by atoms with Crippen molar-refractivity contribution in [3.63, 3.8) is 0 Å². The molecular weight excluding hydrogens is 284 g/mol. The minimum absolute atomic E-state index is 0.116. The van der Waals surface area contributed by atoms with Crippen molar-refractivity contribution >= 4 is 16.9 Å². The Morgan fingerprint density at radius 2 is 1.71 bits per heavy atom. The van der Waals surface area contributed by atoms with E-state index >= 15 is 0 Å². The first-order valence-corrected chi connectivity index (χ1v) is 7.22. The average Bonchev–Trinajstić information content (AvgIpc) is 2.97. The molecule has 3 rings (SSSR count). The topological polar surface area (TPSA) is 56.0 Å². The summed E-state index contributed by atoms with van der Waals surface area (Å²) in [5.74, 6) is 0.415. The summed E-state index contributed by atoms with van der Waals surface area (Å²) in [6, 6.07) is 16.8. The molecule has 4 nitrogen and oxygen atoms in total. The first kappa shape index (κ1) is 13.6. The van der Waals surface area contributed by atoms with Crippen LogP contribution < -0.4 is 0 Å². The van der Waals surface area contributed by atoms with Crippen molar-refractivity contribution in [3.05, 3.63) is 65.7 Å². The fourth-order valence-electron chi connectivity index (χ4n) is 1.78. The molecule has 0 amide bonds. The van der Waals surface area contributed by atoms with Crippen molar-refractivity contribution in [1.29, 1.82) is 0 Å². The Morgan fingerprint density at radius 3 is 2.43 bits per heavy atom. The Balaban J connectivity index is 1.76. The van der Waals surface area contributed by atoms with Gasteiger partial charge in [-0.25, -0.2) is 0 Å². The molecule has 0 saturated heterocycles. The maximum absolute atomic E-state index is 12.0. The zero-order valence-corrected chi connectivity index (χ0v) is 12.1. The second-order valence-electron chi connectivity index (χ2n) is 4.49. The van der Waals surface area contributed by atoms with Crippen molar-refractivity contribution in [2.45, 2.75) is 12.1 Å². The molecule has 3 aromatic rings. The van der Waals surface area contributed by atoms with Crippen LogP contribution >= 0.6 is 11.8 Å². The van der Waals surface area contributed by atoms with Gasteiger partial charge in [0.15, 0.2) is 0 Å². The van der Waals surface area contributed by atoms with Gasteiger partial charge in [0.25, 0.3) is 5.22 Å². The van der Waals surface area contributed by atoms with Crippen molar-refractivity contribution in [3.8, 4) is 11.5 Å². The van der Waals surface area contributed by atoms with E-state index in [0.717, 1.165) is 22.9 Å². The van der Waals surface area contributed by atoms with Crippen molar-refractivity contribution < 1.29 is 9.21 Å². The number of carbonyl (C=O) groups is 1. The number of aromatic nitrogens is 2. The average molecular weight is 296 g/mol. The number of benzene rings is 2. The number of carbonyl (C=O) groups excluding carboxylic acids is 1. The molecule has 5 heteroatoms. The highest BCUT2D eigenvalue weighted by Gasteiger charge is 2.14. The molecule has 0 atom stereocenters. The van der Waals surface area contributed by atoms with E-state index < -0.39 is 0 Å². The van der Waals surface area contributed by atoms with Gasteiger partial charge < -0.3 is 4.42 Å². The number of hydrogen-bond donors (Lipinski definition) is 0. The molecule has 2 aromatic carbocycles. The highest BCUT2D eigenvalue weighted by Crippen LogP contribution is 2.25. The van der Waals surface area contributed by atoms with Crippen LogP contribution in [0.15, 0.2) is 64.2 Å². The van der Waals surface area contributed by atoms with E-state index in [0.29, 0.717) is 11.5 Å². The monoisotopic (exact) mass is 296 g/mol. The van der Waals surface area contributed by atoms with Crippen molar-refractivity contribution in [2.75, 3.05) is 0 Å². The summed E-state index contributed by atoms with van der Waals surface area (Å²) >= 11 is 0.936. The molecule has 0 bridgehead atoms. The highest BCUT2D eigenvalue weighted by atomic mass is 32.2. The van der Waals surface area contributed by atoms with Gasteiger partial charge in [0.2, 0.25) is 11.0 Å². The van der Waals surface area contributed by atoms with Gasteiger partial charge in [-0.3, -0.25) is 4.79 Å². The smallest absolute Gasteiger partial charge is 0.284 e. The van der Waals surface area contributed by atoms with Gasteiger partial charge in [0.05, 0.1) is 0 Å². The van der Waals surface area contributed by atoms with Crippen LogP contribution in [0.4, 0.5) is 0 Å². The zero-order valence-electron chi connectivity index (χ0n) is 11.3. The molecule has 104 valence electrons. The first-order valence-electron chi connectivity index (χ1n) is 6.40. The predicted octanol–water partition coefficient (Wildman–Crippen LogP) is 3.98. The van der Waals surface area contributed by atoms with Crippen molar-refractivity contribution in [1.82, 2.24) is 10.2 Å². The number of nitrogens with zero attached hydrogens (tertiary/aromatic N) is 2. The minimum Gasteiger partial charge on any atom is -0.411 e. The van der Waals surface area contributed by atoms with Crippen LogP contribution in [0.25, 0.3) is 11.5 Å². The van der Waals surface area contributed by atoms with E-state index in [1.807, 2.05) is 49.4 Å². The summed E-state index contributed by atoms with van der Waals surface area (Å²) in [5.41, 5.74) is 2.61. The van der Waals surface area contributed by atoms with Gasteiger partial charge in [0.1, 0.15) is 0 Å². The molecule has 0 aliphatic heterocycles. The van der Waals surface area contributed by atoms with Gasteiger partial charge in [-0.05, 0) is 19.1 Å². The highest BCUT2D eigenvalue weighted by molar-refractivity contribution is 8.14. The molecule has 0 saturated carbocycles. The van der Waals surface area contributed by atoms with E-state index in [-0.39, 0.29) is 10.3 Å². The van der Waals surface area contributed by atoms with Gasteiger partial charge in [-0.15, -0.1) is 10.2 Å². The lowest BCUT2D eigenvalue weighted by Gasteiger charge is -1.96. The Hall–Kier alpha value is -2.40. The van der Waals surface area contributed by atoms with Crippen LogP contribution in [0.1, 0.15) is 15.9 Å². The Bertz CT molecular complexity index is 751. The maximum Gasteiger partial charge on any atom is 0.284 e. The normalized spacial score (nSPS) is 10.5. The Labute approximate surface area is 126 Å². The number of rotatable bonds is 3. The fourth-order valence-corrected chi connectivity index (χ4v) is 2.39. The maximum atomic E-state index is 12.0. The van der Waals surface area contributed by atoms with E-state index in [1.54, 1.807) is 12.1 Å². The Morgan fingerprint density at radius 1 is 1.00 bits per heavy atom. The molecule has 0 fully saturated rings. The molecule has 1 aromatic heterocycles. The van der Waals surface area contributed by atoms with Crippen LogP contribution in [0.5, 0.6) is 0 Å². The lowest BCUT2D eigenvalue weighted by Crippen LogP contribution is -1.92.